The Labute approximate surface area is 177 Å². The summed E-state index contributed by atoms with van der Waals surface area (Å²) in [5.41, 5.74) is 1.72. The lowest BCUT2D eigenvalue weighted by molar-refractivity contribution is -0.118. The van der Waals surface area contributed by atoms with Crippen LogP contribution in [0, 0.1) is 5.82 Å². The first kappa shape index (κ1) is 20.5. The minimum absolute atomic E-state index is 0.209. The van der Waals surface area contributed by atoms with Crippen molar-refractivity contribution in [1.82, 2.24) is 10.0 Å². The average Bonchev–Trinajstić information content (AvgIpc) is 3.27. The molecule has 1 saturated heterocycles. The maximum absolute atomic E-state index is 15.0. The van der Waals surface area contributed by atoms with Gasteiger partial charge in [-0.25, -0.2) is 12.8 Å². The maximum Gasteiger partial charge on any atom is 0.245 e. The quantitative estimate of drug-likeness (QED) is 0.726. The third kappa shape index (κ3) is 4.39. The van der Waals surface area contributed by atoms with Crippen molar-refractivity contribution in [3.05, 3.63) is 55.8 Å². The molecule has 3 heterocycles. The largest absolute Gasteiger partial charge is 0.312 e. The summed E-state index contributed by atoms with van der Waals surface area (Å²) in [7, 11) is -3.83. The Balaban J connectivity index is 1.48. The van der Waals surface area contributed by atoms with Gasteiger partial charge in [0, 0.05) is 23.4 Å². The third-order valence-corrected chi connectivity index (χ3v) is 7.30. The summed E-state index contributed by atoms with van der Waals surface area (Å²) in [6.07, 6.45) is 2.26. The molecule has 10 heteroatoms. The second kappa shape index (κ2) is 8.16. The number of carbonyl (C=O) groups excluding carboxylic acids is 1. The summed E-state index contributed by atoms with van der Waals surface area (Å²) in [4.78, 5) is 14.8. The molecule has 154 valence electrons. The van der Waals surface area contributed by atoms with Gasteiger partial charge >= 0.3 is 0 Å². The van der Waals surface area contributed by atoms with E-state index in [1.807, 2.05) is 6.07 Å². The summed E-state index contributed by atoms with van der Waals surface area (Å²) in [6, 6.07) is 5.87. The SMILES string of the molecule is O=C1[C@@H](NS(=O)(=O)C=Cc2ccc(Cl)s2)CCN1c1ccc2c(c1F)CCNC2. The third-order valence-electron chi connectivity index (χ3n) is 5.00. The van der Waals surface area contributed by atoms with E-state index >= 15 is 0 Å². The van der Waals surface area contributed by atoms with Gasteiger partial charge in [0.05, 0.1) is 10.0 Å². The van der Waals surface area contributed by atoms with Gasteiger partial charge in [-0.15, -0.1) is 11.3 Å². The van der Waals surface area contributed by atoms with Gasteiger partial charge in [0.2, 0.25) is 15.9 Å². The lowest BCUT2D eigenvalue weighted by Crippen LogP contribution is -2.41. The highest BCUT2D eigenvalue weighted by atomic mass is 35.5. The minimum Gasteiger partial charge on any atom is -0.312 e. The predicted molar refractivity (Wildman–Crippen MR) is 113 cm³/mol. The monoisotopic (exact) mass is 455 g/mol. The number of carbonyl (C=O) groups is 1. The van der Waals surface area contributed by atoms with Gasteiger partial charge in [-0.2, -0.15) is 4.72 Å². The van der Waals surface area contributed by atoms with Crippen LogP contribution in [0.15, 0.2) is 29.7 Å². The number of benzene rings is 1. The van der Waals surface area contributed by atoms with E-state index in [1.165, 1.54) is 22.3 Å². The first-order valence-electron chi connectivity index (χ1n) is 9.12. The molecule has 2 N–H and O–H groups in total. The molecule has 0 bridgehead atoms. The van der Waals surface area contributed by atoms with E-state index in [0.717, 1.165) is 11.0 Å². The zero-order valence-electron chi connectivity index (χ0n) is 15.3. The molecule has 2 aliphatic rings. The Hall–Kier alpha value is -1.78. The zero-order valence-corrected chi connectivity index (χ0v) is 17.7. The number of amides is 1. The van der Waals surface area contributed by atoms with Crippen molar-refractivity contribution in [2.45, 2.75) is 25.4 Å². The second-order valence-electron chi connectivity index (χ2n) is 6.90. The van der Waals surface area contributed by atoms with E-state index in [1.54, 1.807) is 18.2 Å². The number of hydrogen-bond donors (Lipinski definition) is 2. The number of halogens is 2. The van der Waals surface area contributed by atoms with E-state index in [9.17, 15) is 17.6 Å². The molecule has 0 aliphatic carbocycles. The normalized spacial score (nSPS) is 19.9. The summed E-state index contributed by atoms with van der Waals surface area (Å²) in [5.74, 6) is -0.843. The lowest BCUT2D eigenvalue weighted by Gasteiger charge is -2.23. The number of fused-ring (bicyclic) bond motifs is 1. The van der Waals surface area contributed by atoms with E-state index in [-0.39, 0.29) is 18.7 Å². The zero-order chi connectivity index (χ0) is 20.6. The molecular weight excluding hydrogens is 437 g/mol. The molecular formula is C19H19ClFN3O3S2. The number of nitrogens with zero attached hydrogens (tertiary/aromatic N) is 1. The molecule has 1 aromatic carbocycles. The average molecular weight is 456 g/mol. The van der Waals surface area contributed by atoms with Gasteiger partial charge in [0.25, 0.3) is 0 Å². The summed E-state index contributed by atoms with van der Waals surface area (Å²) in [6.45, 7) is 1.54. The molecule has 0 radical (unpaired) electrons. The van der Waals surface area contributed by atoms with Crippen molar-refractivity contribution in [3.63, 3.8) is 0 Å². The van der Waals surface area contributed by atoms with Gasteiger partial charge in [0.15, 0.2) is 0 Å². The van der Waals surface area contributed by atoms with Crippen molar-refractivity contribution in [2.24, 2.45) is 0 Å². The second-order valence-corrected chi connectivity index (χ2v) is 10.2. The fourth-order valence-electron chi connectivity index (χ4n) is 3.57. The molecule has 0 unspecified atom stereocenters. The van der Waals surface area contributed by atoms with E-state index < -0.39 is 27.8 Å². The first-order chi connectivity index (χ1) is 13.8. The van der Waals surface area contributed by atoms with E-state index in [2.05, 4.69) is 10.0 Å². The summed E-state index contributed by atoms with van der Waals surface area (Å²) < 4.78 is 42.6. The summed E-state index contributed by atoms with van der Waals surface area (Å²) >= 11 is 7.08. The van der Waals surface area contributed by atoms with Crippen LogP contribution >= 0.6 is 22.9 Å². The molecule has 2 aromatic rings. The van der Waals surface area contributed by atoms with Crippen molar-refractivity contribution in [1.29, 1.82) is 0 Å². The highest BCUT2D eigenvalue weighted by Gasteiger charge is 2.36. The minimum atomic E-state index is -3.83. The smallest absolute Gasteiger partial charge is 0.245 e. The van der Waals surface area contributed by atoms with Crippen molar-refractivity contribution in [2.75, 3.05) is 18.0 Å². The van der Waals surface area contributed by atoms with Gasteiger partial charge in [-0.3, -0.25) is 4.79 Å². The van der Waals surface area contributed by atoms with Crippen LogP contribution < -0.4 is 14.9 Å². The standard InChI is InChI=1S/C19H19ClFN3O3S2/c20-17-4-2-13(28-17)7-10-29(26,27)23-15-6-9-24(19(15)25)16-3-1-12-11-22-8-5-14(12)18(16)21/h1-4,7,10,15,22-23H,5-6,8-9,11H2/t15-/m0/s1. The van der Waals surface area contributed by atoms with Crippen LogP contribution in [0.2, 0.25) is 4.34 Å². The molecule has 1 atom stereocenters. The van der Waals surface area contributed by atoms with Crippen molar-refractivity contribution < 1.29 is 17.6 Å². The Morgan fingerprint density at radius 3 is 2.90 bits per heavy atom. The predicted octanol–water partition coefficient (Wildman–Crippen LogP) is 2.88. The Morgan fingerprint density at radius 1 is 1.31 bits per heavy atom. The van der Waals surface area contributed by atoms with Crippen LogP contribution in [0.25, 0.3) is 6.08 Å². The Morgan fingerprint density at radius 2 is 2.14 bits per heavy atom. The first-order valence-corrected chi connectivity index (χ1v) is 11.9. The molecule has 1 aromatic heterocycles. The maximum atomic E-state index is 15.0. The number of thiophene rings is 1. The number of nitrogens with one attached hydrogen (secondary N) is 2. The van der Waals surface area contributed by atoms with Crippen molar-refractivity contribution >= 4 is 50.6 Å². The molecule has 0 spiro atoms. The van der Waals surface area contributed by atoms with Crippen molar-refractivity contribution in [3.8, 4) is 0 Å². The lowest BCUT2D eigenvalue weighted by atomic mass is 9.99. The van der Waals surface area contributed by atoms with Crippen LogP contribution in [0.3, 0.4) is 0 Å². The molecule has 29 heavy (non-hydrogen) atoms. The Bertz CT molecular complexity index is 1080. The van der Waals surface area contributed by atoms with Gasteiger partial charge in [-0.05, 0) is 54.8 Å². The van der Waals surface area contributed by atoms with Crippen LogP contribution in [0.1, 0.15) is 22.4 Å². The van der Waals surface area contributed by atoms with Crippen LogP contribution in [-0.4, -0.2) is 33.5 Å². The number of rotatable bonds is 5. The Kier molecular flexibility index (Phi) is 5.76. The number of anilines is 1. The molecule has 0 saturated carbocycles. The topological polar surface area (TPSA) is 78.5 Å². The highest BCUT2D eigenvalue weighted by molar-refractivity contribution is 7.92. The van der Waals surface area contributed by atoms with E-state index in [0.29, 0.717) is 34.3 Å². The fourth-order valence-corrected chi connectivity index (χ4v) is 5.64. The number of sulfonamides is 1. The van der Waals surface area contributed by atoms with Crippen LogP contribution in [0.4, 0.5) is 10.1 Å². The summed E-state index contributed by atoms with van der Waals surface area (Å²) in [5, 5.41) is 4.20. The molecule has 1 fully saturated rings. The van der Waals surface area contributed by atoms with Gasteiger partial charge in [0.1, 0.15) is 11.9 Å². The number of hydrogen-bond acceptors (Lipinski definition) is 5. The van der Waals surface area contributed by atoms with E-state index in [4.69, 9.17) is 11.6 Å². The molecule has 2 aliphatic heterocycles. The fraction of sp³-hybridized carbons (Fsp3) is 0.316. The highest BCUT2D eigenvalue weighted by Crippen LogP contribution is 2.30. The molecule has 6 nitrogen and oxygen atoms in total. The van der Waals surface area contributed by atoms with Gasteiger partial charge < -0.3 is 10.2 Å². The van der Waals surface area contributed by atoms with Crippen LogP contribution in [0.5, 0.6) is 0 Å². The molecule has 1 amide bonds. The van der Waals surface area contributed by atoms with Crippen LogP contribution in [-0.2, 0) is 27.8 Å². The van der Waals surface area contributed by atoms with Gasteiger partial charge in [-0.1, -0.05) is 17.7 Å². The molecule has 4 rings (SSSR count).